The summed E-state index contributed by atoms with van der Waals surface area (Å²) in [6.07, 6.45) is 0. The second kappa shape index (κ2) is 7.74. The molecule has 0 aliphatic carbocycles. The van der Waals surface area contributed by atoms with Crippen molar-refractivity contribution >= 4 is 44.8 Å². The Hall–Kier alpha value is -1.60. The van der Waals surface area contributed by atoms with E-state index >= 15 is 0 Å². The molecule has 0 radical (unpaired) electrons. The van der Waals surface area contributed by atoms with E-state index in [1.54, 1.807) is 32.0 Å². The lowest BCUT2D eigenvalue weighted by Crippen LogP contribution is -2.30. The number of benzene rings is 2. The lowest BCUT2D eigenvalue weighted by Gasteiger charge is -2.13. The van der Waals surface area contributed by atoms with Gasteiger partial charge in [0.05, 0.1) is 15.6 Å². The van der Waals surface area contributed by atoms with Crippen LogP contribution in [0.25, 0.3) is 0 Å². The van der Waals surface area contributed by atoms with Gasteiger partial charge in [0.25, 0.3) is 5.91 Å². The van der Waals surface area contributed by atoms with Crippen molar-refractivity contribution < 1.29 is 13.2 Å². The number of amides is 1. The van der Waals surface area contributed by atoms with Crippen LogP contribution in [0.5, 0.6) is 0 Å². The standard InChI is InChI=1S/C17H18Cl2N2O3S/c1-10(2)21-25(23,24)16-8-13(14(18)9-15(16)19)17(22)20-12-6-4-5-11(3)7-12/h4-10,21H,1-3H3,(H,20,22). The summed E-state index contributed by atoms with van der Waals surface area (Å²) < 4.78 is 27.2. The predicted molar refractivity (Wildman–Crippen MR) is 101 cm³/mol. The molecule has 8 heteroatoms. The highest BCUT2D eigenvalue weighted by molar-refractivity contribution is 7.89. The van der Waals surface area contributed by atoms with E-state index in [1.807, 2.05) is 13.0 Å². The summed E-state index contributed by atoms with van der Waals surface area (Å²) >= 11 is 12.1. The Kier molecular flexibility index (Phi) is 6.11. The molecule has 0 atom stereocenters. The van der Waals surface area contributed by atoms with Crippen molar-refractivity contribution in [1.29, 1.82) is 0 Å². The zero-order valence-electron chi connectivity index (χ0n) is 13.9. The van der Waals surface area contributed by atoms with Gasteiger partial charge in [-0.1, -0.05) is 35.3 Å². The molecule has 134 valence electrons. The van der Waals surface area contributed by atoms with E-state index < -0.39 is 15.9 Å². The third kappa shape index (κ3) is 4.95. The van der Waals surface area contributed by atoms with Crippen LogP contribution >= 0.6 is 23.2 Å². The van der Waals surface area contributed by atoms with E-state index in [0.717, 1.165) is 5.56 Å². The van der Waals surface area contributed by atoms with Crippen LogP contribution in [0.15, 0.2) is 41.3 Å². The van der Waals surface area contributed by atoms with Gasteiger partial charge < -0.3 is 5.32 Å². The topological polar surface area (TPSA) is 75.3 Å². The maximum absolute atomic E-state index is 12.5. The van der Waals surface area contributed by atoms with Crippen molar-refractivity contribution in [2.45, 2.75) is 31.7 Å². The first kappa shape index (κ1) is 19.7. The number of aryl methyl sites for hydroxylation is 1. The van der Waals surface area contributed by atoms with Gasteiger partial charge in [-0.2, -0.15) is 0 Å². The average molecular weight is 401 g/mol. The summed E-state index contributed by atoms with van der Waals surface area (Å²) in [5.41, 5.74) is 1.59. The number of carbonyl (C=O) groups excluding carboxylic acids is 1. The number of hydrogen-bond donors (Lipinski definition) is 2. The maximum Gasteiger partial charge on any atom is 0.257 e. The highest BCUT2D eigenvalue weighted by atomic mass is 35.5. The number of sulfonamides is 1. The summed E-state index contributed by atoms with van der Waals surface area (Å²) in [7, 11) is -3.86. The van der Waals surface area contributed by atoms with Gasteiger partial charge in [0.1, 0.15) is 4.90 Å². The fourth-order valence-corrected chi connectivity index (χ4v) is 4.31. The van der Waals surface area contributed by atoms with Gasteiger partial charge in [-0.05, 0) is 50.6 Å². The van der Waals surface area contributed by atoms with Crippen LogP contribution in [0.2, 0.25) is 10.0 Å². The minimum atomic E-state index is -3.86. The number of nitrogens with one attached hydrogen (secondary N) is 2. The molecule has 1 amide bonds. The van der Waals surface area contributed by atoms with E-state index in [1.165, 1.54) is 12.1 Å². The van der Waals surface area contributed by atoms with Crippen LogP contribution in [0.1, 0.15) is 29.8 Å². The number of hydrogen-bond acceptors (Lipinski definition) is 3. The highest BCUT2D eigenvalue weighted by Gasteiger charge is 2.23. The van der Waals surface area contributed by atoms with Crippen molar-refractivity contribution in [3.05, 3.63) is 57.6 Å². The molecule has 0 unspecified atom stereocenters. The Morgan fingerprint density at radius 3 is 2.36 bits per heavy atom. The van der Waals surface area contributed by atoms with Gasteiger partial charge in [0.15, 0.2) is 0 Å². The smallest absolute Gasteiger partial charge is 0.257 e. The van der Waals surface area contributed by atoms with Gasteiger partial charge >= 0.3 is 0 Å². The van der Waals surface area contributed by atoms with Crippen LogP contribution in [0, 0.1) is 6.92 Å². The van der Waals surface area contributed by atoms with Crippen molar-refractivity contribution in [3.8, 4) is 0 Å². The molecule has 2 aromatic rings. The third-order valence-electron chi connectivity index (χ3n) is 3.22. The lowest BCUT2D eigenvalue weighted by molar-refractivity contribution is 0.102. The van der Waals surface area contributed by atoms with Gasteiger partial charge in [-0.25, -0.2) is 13.1 Å². The zero-order chi connectivity index (χ0) is 18.8. The molecule has 0 aliphatic heterocycles. The predicted octanol–water partition coefficient (Wildman–Crippen LogP) is 4.24. The monoisotopic (exact) mass is 400 g/mol. The fourth-order valence-electron chi connectivity index (χ4n) is 2.20. The molecule has 0 aliphatic rings. The Morgan fingerprint density at radius 2 is 1.76 bits per heavy atom. The number of halogens is 2. The minimum absolute atomic E-state index is 0.0247. The van der Waals surface area contributed by atoms with Gasteiger partial charge in [-0.15, -0.1) is 0 Å². The molecule has 2 rings (SSSR count). The third-order valence-corrected chi connectivity index (χ3v) is 5.66. The van der Waals surface area contributed by atoms with Crippen LogP contribution < -0.4 is 10.0 Å². The molecule has 0 saturated carbocycles. The quantitative estimate of drug-likeness (QED) is 0.787. The molecule has 2 aromatic carbocycles. The molecule has 0 bridgehead atoms. The van der Waals surface area contributed by atoms with Crippen LogP contribution in [0.4, 0.5) is 5.69 Å². The summed E-state index contributed by atoms with van der Waals surface area (Å²) in [5.74, 6) is -0.520. The summed E-state index contributed by atoms with van der Waals surface area (Å²) in [4.78, 5) is 12.3. The SMILES string of the molecule is Cc1cccc(NC(=O)c2cc(S(=O)(=O)NC(C)C)c(Cl)cc2Cl)c1. The largest absolute Gasteiger partial charge is 0.322 e. The van der Waals surface area contributed by atoms with E-state index in [-0.39, 0.29) is 26.5 Å². The first-order valence-electron chi connectivity index (χ1n) is 7.49. The van der Waals surface area contributed by atoms with Gasteiger partial charge in [0, 0.05) is 11.7 Å². The lowest BCUT2D eigenvalue weighted by atomic mass is 10.2. The maximum atomic E-state index is 12.5. The van der Waals surface area contributed by atoms with E-state index in [2.05, 4.69) is 10.0 Å². The summed E-state index contributed by atoms with van der Waals surface area (Å²) in [5, 5.41) is 2.71. The molecule has 0 fully saturated rings. The number of carbonyl (C=O) groups is 1. The summed E-state index contributed by atoms with van der Waals surface area (Å²) in [6.45, 7) is 5.27. The van der Waals surface area contributed by atoms with E-state index in [0.29, 0.717) is 5.69 Å². The molecule has 2 N–H and O–H groups in total. The summed E-state index contributed by atoms with van der Waals surface area (Å²) in [6, 6.07) is 9.33. The first-order chi connectivity index (χ1) is 11.6. The molecule has 0 aromatic heterocycles. The molecule has 5 nitrogen and oxygen atoms in total. The van der Waals surface area contributed by atoms with Crippen LogP contribution in [0.3, 0.4) is 0 Å². The Balaban J connectivity index is 2.41. The zero-order valence-corrected chi connectivity index (χ0v) is 16.3. The second-order valence-corrected chi connectivity index (χ2v) is 8.36. The minimum Gasteiger partial charge on any atom is -0.322 e. The van der Waals surface area contributed by atoms with Crippen LogP contribution in [-0.2, 0) is 10.0 Å². The highest BCUT2D eigenvalue weighted by Crippen LogP contribution is 2.29. The molecule has 0 saturated heterocycles. The normalized spacial score (nSPS) is 11.6. The molecular formula is C17H18Cl2N2O3S. The first-order valence-corrected chi connectivity index (χ1v) is 9.73. The van der Waals surface area contributed by atoms with E-state index in [4.69, 9.17) is 23.2 Å². The van der Waals surface area contributed by atoms with Crippen molar-refractivity contribution in [3.63, 3.8) is 0 Å². The molecule has 25 heavy (non-hydrogen) atoms. The van der Waals surface area contributed by atoms with Crippen molar-refractivity contribution in [2.24, 2.45) is 0 Å². The Labute approximate surface area is 157 Å². The van der Waals surface area contributed by atoms with Crippen molar-refractivity contribution in [2.75, 3.05) is 5.32 Å². The second-order valence-electron chi connectivity index (χ2n) is 5.86. The van der Waals surface area contributed by atoms with Gasteiger partial charge in [-0.3, -0.25) is 4.79 Å². The van der Waals surface area contributed by atoms with Gasteiger partial charge in [0.2, 0.25) is 10.0 Å². The molecular weight excluding hydrogens is 383 g/mol. The van der Waals surface area contributed by atoms with Crippen LogP contribution in [-0.4, -0.2) is 20.4 Å². The number of anilines is 1. The molecule has 0 heterocycles. The Morgan fingerprint density at radius 1 is 1.08 bits per heavy atom. The number of rotatable bonds is 5. The average Bonchev–Trinajstić information content (AvgIpc) is 2.45. The van der Waals surface area contributed by atoms with E-state index in [9.17, 15) is 13.2 Å². The Bertz CT molecular complexity index is 912. The van der Waals surface area contributed by atoms with Crippen molar-refractivity contribution in [1.82, 2.24) is 4.72 Å². The molecule has 0 spiro atoms. The fraction of sp³-hybridized carbons (Fsp3) is 0.235.